The molecule has 0 bridgehead atoms. The number of amides is 3. The van der Waals surface area contributed by atoms with Gasteiger partial charge in [-0.05, 0) is 18.8 Å². The molecule has 0 aromatic rings. The minimum atomic E-state index is -1.28. The molecule has 0 aliphatic heterocycles. The van der Waals surface area contributed by atoms with Gasteiger partial charge in [0.15, 0.2) is 0 Å². The van der Waals surface area contributed by atoms with E-state index in [1.54, 1.807) is 20.8 Å². The van der Waals surface area contributed by atoms with Gasteiger partial charge in [0.1, 0.15) is 18.1 Å². The number of carbonyl (C=O) groups is 4. The summed E-state index contributed by atoms with van der Waals surface area (Å²) in [5.74, 6) is -3.69. The van der Waals surface area contributed by atoms with Crippen LogP contribution < -0.4 is 21.7 Å². The molecule has 5 unspecified atom stereocenters. The number of carboxylic acids is 1. The van der Waals surface area contributed by atoms with E-state index in [1.807, 2.05) is 6.92 Å². The predicted octanol–water partition coefficient (Wildman–Crippen LogP) is -1.43. The number of aliphatic carboxylic acids is 1. The number of nitrogens with two attached hydrogens (primary N) is 1. The smallest absolute Gasteiger partial charge is 0.325 e. The maximum absolute atomic E-state index is 12.4. The number of carbonyl (C=O) groups excluding carboxylic acids is 3. The van der Waals surface area contributed by atoms with Crippen molar-refractivity contribution in [1.82, 2.24) is 16.0 Å². The van der Waals surface area contributed by atoms with Gasteiger partial charge in [0.25, 0.3) is 0 Å². The molecule has 0 spiro atoms. The Morgan fingerprint density at radius 3 is 1.89 bits per heavy atom. The second kappa shape index (κ2) is 11.5. The summed E-state index contributed by atoms with van der Waals surface area (Å²) in [5, 5.41) is 25.5. The van der Waals surface area contributed by atoms with Crippen molar-refractivity contribution in [2.45, 2.75) is 65.2 Å². The first-order chi connectivity index (χ1) is 12.5. The number of nitrogens with one attached hydrogen (secondary N) is 3. The highest BCUT2D eigenvalue weighted by Gasteiger charge is 2.31. The molecule has 0 aromatic heterocycles. The van der Waals surface area contributed by atoms with Crippen LogP contribution in [0.3, 0.4) is 0 Å². The molecular weight excluding hydrogens is 356 g/mol. The first-order valence-electron chi connectivity index (χ1n) is 8.96. The lowest BCUT2D eigenvalue weighted by molar-refractivity contribution is -0.142. The van der Waals surface area contributed by atoms with Crippen LogP contribution in [0.15, 0.2) is 0 Å². The quantitative estimate of drug-likeness (QED) is 0.252. The van der Waals surface area contributed by atoms with Gasteiger partial charge in [-0.2, -0.15) is 0 Å². The highest BCUT2D eigenvalue weighted by atomic mass is 16.4. The molecule has 0 aliphatic carbocycles. The molecule has 0 saturated heterocycles. The highest BCUT2D eigenvalue weighted by Crippen LogP contribution is 2.09. The monoisotopic (exact) mass is 388 g/mol. The molecule has 156 valence electrons. The molecule has 5 atom stereocenters. The summed E-state index contributed by atoms with van der Waals surface area (Å²) in [7, 11) is 0. The van der Waals surface area contributed by atoms with Gasteiger partial charge in [-0.1, -0.05) is 34.1 Å². The van der Waals surface area contributed by atoms with Crippen LogP contribution in [-0.2, 0) is 19.2 Å². The van der Waals surface area contributed by atoms with Crippen molar-refractivity contribution in [2.75, 3.05) is 6.61 Å². The lowest BCUT2D eigenvalue weighted by atomic mass is 9.97. The summed E-state index contributed by atoms with van der Waals surface area (Å²) in [6, 6.07) is -4.28. The third-order valence-electron chi connectivity index (χ3n) is 4.36. The number of aliphatic hydroxyl groups is 1. The molecule has 27 heavy (non-hydrogen) atoms. The summed E-state index contributed by atoms with van der Waals surface area (Å²) in [6.45, 7) is 7.64. The average Bonchev–Trinajstić information content (AvgIpc) is 2.61. The Bertz CT molecular complexity index is 540. The molecule has 0 saturated carbocycles. The molecule has 0 heterocycles. The van der Waals surface area contributed by atoms with Crippen molar-refractivity contribution in [3.8, 4) is 0 Å². The highest BCUT2D eigenvalue weighted by molar-refractivity contribution is 5.94. The summed E-state index contributed by atoms with van der Waals surface area (Å²) in [5.41, 5.74) is 5.72. The van der Waals surface area contributed by atoms with Gasteiger partial charge in [-0.25, -0.2) is 0 Å². The average molecular weight is 388 g/mol. The van der Waals surface area contributed by atoms with Crippen molar-refractivity contribution in [3.63, 3.8) is 0 Å². The Morgan fingerprint density at radius 1 is 0.926 bits per heavy atom. The van der Waals surface area contributed by atoms with Crippen LogP contribution >= 0.6 is 0 Å². The van der Waals surface area contributed by atoms with E-state index in [-0.39, 0.29) is 11.8 Å². The second-order valence-electron chi connectivity index (χ2n) is 6.95. The van der Waals surface area contributed by atoms with Gasteiger partial charge in [0.2, 0.25) is 17.7 Å². The first-order valence-corrected chi connectivity index (χ1v) is 8.96. The fraction of sp³-hybridized carbons (Fsp3) is 0.765. The molecule has 7 N–H and O–H groups in total. The standard InChI is InChI=1S/C17H32N4O6/c1-6-9(4)13(16(25)19-10(5)17(26)27)21-14(23)11(7-22)20-15(24)12(18)8(2)3/h8-13,22H,6-7,18H2,1-5H3,(H,19,25)(H,20,24)(H,21,23)(H,26,27). The van der Waals surface area contributed by atoms with Crippen molar-refractivity contribution in [1.29, 1.82) is 0 Å². The Kier molecular flexibility index (Phi) is 10.6. The lowest BCUT2D eigenvalue weighted by Crippen LogP contribution is -2.59. The number of rotatable bonds is 11. The normalized spacial score (nSPS) is 16.6. The van der Waals surface area contributed by atoms with E-state index in [2.05, 4.69) is 16.0 Å². The van der Waals surface area contributed by atoms with Crippen LogP contribution in [0.25, 0.3) is 0 Å². The van der Waals surface area contributed by atoms with E-state index >= 15 is 0 Å². The summed E-state index contributed by atoms with van der Waals surface area (Å²) < 4.78 is 0. The Morgan fingerprint density at radius 2 is 1.48 bits per heavy atom. The molecule has 0 aromatic carbocycles. The largest absolute Gasteiger partial charge is 0.480 e. The zero-order chi connectivity index (χ0) is 21.3. The van der Waals surface area contributed by atoms with Crippen LogP contribution in [0.5, 0.6) is 0 Å². The number of aliphatic hydroxyl groups excluding tert-OH is 1. The van der Waals surface area contributed by atoms with Crippen LogP contribution in [0.2, 0.25) is 0 Å². The fourth-order valence-electron chi connectivity index (χ4n) is 2.09. The summed E-state index contributed by atoms with van der Waals surface area (Å²) >= 11 is 0. The van der Waals surface area contributed by atoms with Gasteiger partial charge in [0, 0.05) is 0 Å². The van der Waals surface area contributed by atoms with Crippen molar-refractivity contribution >= 4 is 23.7 Å². The Balaban J connectivity index is 5.17. The van der Waals surface area contributed by atoms with E-state index in [4.69, 9.17) is 10.8 Å². The first kappa shape index (κ1) is 24.8. The van der Waals surface area contributed by atoms with Crippen LogP contribution in [0, 0.1) is 11.8 Å². The van der Waals surface area contributed by atoms with Crippen molar-refractivity contribution in [2.24, 2.45) is 17.6 Å². The summed E-state index contributed by atoms with van der Waals surface area (Å²) in [4.78, 5) is 47.7. The molecule has 0 fully saturated rings. The fourth-order valence-corrected chi connectivity index (χ4v) is 2.09. The number of hydrogen-bond donors (Lipinski definition) is 6. The maximum atomic E-state index is 12.4. The molecule has 0 rings (SSSR count). The van der Waals surface area contributed by atoms with E-state index in [9.17, 15) is 24.3 Å². The van der Waals surface area contributed by atoms with Gasteiger partial charge in [0.05, 0.1) is 12.6 Å². The minimum Gasteiger partial charge on any atom is -0.480 e. The van der Waals surface area contributed by atoms with E-state index < -0.39 is 54.5 Å². The van der Waals surface area contributed by atoms with Crippen LogP contribution in [0.4, 0.5) is 0 Å². The molecule has 0 aliphatic rings. The van der Waals surface area contributed by atoms with E-state index in [1.165, 1.54) is 6.92 Å². The van der Waals surface area contributed by atoms with Crippen molar-refractivity contribution in [3.05, 3.63) is 0 Å². The maximum Gasteiger partial charge on any atom is 0.325 e. The number of hydrogen-bond acceptors (Lipinski definition) is 6. The van der Waals surface area contributed by atoms with E-state index in [0.717, 1.165) is 0 Å². The van der Waals surface area contributed by atoms with E-state index in [0.29, 0.717) is 6.42 Å². The third-order valence-corrected chi connectivity index (χ3v) is 4.36. The minimum absolute atomic E-state index is 0.163. The predicted molar refractivity (Wildman–Crippen MR) is 98.5 cm³/mol. The van der Waals surface area contributed by atoms with Gasteiger partial charge in [-0.15, -0.1) is 0 Å². The molecule has 10 nitrogen and oxygen atoms in total. The van der Waals surface area contributed by atoms with Crippen molar-refractivity contribution < 1.29 is 29.4 Å². The topological polar surface area (TPSA) is 171 Å². The lowest BCUT2D eigenvalue weighted by Gasteiger charge is -2.27. The Labute approximate surface area is 159 Å². The van der Waals surface area contributed by atoms with Gasteiger partial charge < -0.3 is 31.9 Å². The number of carboxylic acid groups (broad SMARTS) is 1. The summed E-state index contributed by atoms with van der Waals surface area (Å²) in [6.07, 6.45) is 0.536. The zero-order valence-corrected chi connectivity index (χ0v) is 16.5. The van der Waals surface area contributed by atoms with Crippen LogP contribution in [-0.4, -0.2) is 64.7 Å². The third kappa shape index (κ3) is 7.92. The molecule has 10 heteroatoms. The molecule has 0 radical (unpaired) electrons. The second-order valence-corrected chi connectivity index (χ2v) is 6.95. The van der Waals surface area contributed by atoms with Gasteiger partial charge in [-0.3, -0.25) is 19.2 Å². The van der Waals surface area contributed by atoms with Gasteiger partial charge >= 0.3 is 5.97 Å². The van der Waals surface area contributed by atoms with Crippen LogP contribution in [0.1, 0.15) is 41.0 Å². The molecule has 3 amide bonds. The SMILES string of the molecule is CCC(C)C(NC(=O)C(CO)NC(=O)C(N)C(C)C)C(=O)NC(C)C(=O)O. The molecular formula is C17H32N4O6. The zero-order valence-electron chi connectivity index (χ0n) is 16.5. The Hall–Kier alpha value is -2.20.